The van der Waals surface area contributed by atoms with Gasteiger partial charge < -0.3 is 25.6 Å². The van der Waals surface area contributed by atoms with Crippen LogP contribution >= 0.6 is 24.0 Å². The molecule has 0 heterocycles. The van der Waals surface area contributed by atoms with Gasteiger partial charge in [0.05, 0.1) is 26.9 Å². The average molecular weight is 483 g/mol. The first kappa shape index (κ1) is 21.3. The number of aliphatic imine (C=N–C) groups is 1. The van der Waals surface area contributed by atoms with Crippen LogP contribution in [0, 0.1) is 0 Å². The highest BCUT2D eigenvalue weighted by Gasteiger charge is 2.12. The summed E-state index contributed by atoms with van der Waals surface area (Å²) >= 11 is 0. The third-order valence-electron chi connectivity index (χ3n) is 4.56. The number of aliphatic hydroxyl groups excluding tert-OH is 1. The number of fused-ring (bicyclic) bond motifs is 1. The highest BCUT2D eigenvalue weighted by atomic mass is 127. The molecule has 1 aliphatic rings. The van der Waals surface area contributed by atoms with E-state index in [2.05, 4.69) is 22.4 Å². The predicted molar refractivity (Wildman–Crippen MR) is 118 cm³/mol. The molecule has 0 amide bonds. The number of benzene rings is 2. The molecule has 3 rings (SSSR count). The number of methoxy groups -OCH3 is 2. The van der Waals surface area contributed by atoms with Crippen molar-refractivity contribution in [1.29, 1.82) is 0 Å². The van der Waals surface area contributed by atoms with Gasteiger partial charge in [0.1, 0.15) is 11.5 Å². The lowest BCUT2D eigenvalue weighted by Gasteiger charge is -2.13. The molecule has 0 saturated heterocycles. The van der Waals surface area contributed by atoms with E-state index in [-0.39, 0.29) is 36.5 Å². The second kappa shape index (κ2) is 9.80. The van der Waals surface area contributed by atoms with Crippen molar-refractivity contribution in [2.75, 3.05) is 26.1 Å². The molecule has 2 aromatic carbocycles. The molecule has 4 N–H and O–H groups in total. The molecule has 0 aromatic heterocycles. The molecular weight excluding hydrogens is 457 g/mol. The molecule has 7 heteroatoms. The number of nitrogens with one attached hydrogen (secondary N) is 1. The molecule has 0 radical (unpaired) electrons. The van der Waals surface area contributed by atoms with Crippen LogP contribution in [-0.2, 0) is 12.8 Å². The van der Waals surface area contributed by atoms with E-state index in [1.54, 1.807) is 32.4 Å². The van der Waals surface area contributed by atoms with Crippen molar-refractivity contribution in [1.82, 2.24) is 0 Å². The molecule has 1 atom stereocenters. The van der Waals surface area contributed by atoms with E-state index >= 15 is 0 Å². The van der Waals surface area contributed by atoms with Crippen molar-refractivity contribution < 1.29 is 14.6 Å². The summed E-state index contributed by atoms with van der Waals surface area (Å²) in [5.41, 5.74) is 10.3. The summed E-state index contributed by atoms with van der Waals surface area (Å²) in [5.74, 6) is 1.51. The zero-order valence-corrected chi connectivity index (χ0v) is 17.9. The minimum atomic E-state index is -0.806. The molecule has 0 fully saturated rings. The van der Waals surface area contributed by atoms with Crippen LogP contribution in [-0.4, -0.2) is 31.8 Å². The highest BCUT2D eigenvalue weighted by molar-refractivity contribution is 14.0. The van der Waals surface area contributed by atoms with Crippen LogP contribution in [0.15, 0.2) is 41.4 Å². The van der Waals surface area contributed by atoms with E-state index in [1.165, 1.54) is 17.5 Å². The average Bonchev–Trinajstić information content (AvgIpc) is 3.13. The van der Waals surface area contributed by atoms with E-state index in [4.69, 9.17) is 15.2 Å². The third kappa shape index (κ3) is 5.49. The Balaban J connectivity index is 0.00000261. The van der Waals surface area contributed by atoms with Gasteiger partial charge in [-0.2, -0.15) is 0 Å². The predicted octanol–water partition coefficient (Wildman–Crippen LogP) is 3.27. The fraction of sp³-hybridized carbons (Fsp3) is 0.350. The molecule has 1 unspecified atom stereocenters. The lowest BCUT2D eigenvalue weighted by molar-refractivity contribution is 0.186. The van der Waals surface area contributed by atoms with Crippen molar-refractivity contribution in [3.63, 3.8) is 0 Å². The lowest BCUT2D eigenvalue weighted by atomic mass is 10.1. The minimum Gasteiger partial charge on any atom is -0.497 e. The Kier molecular flexibility index (Phi) is 7.73. The molecule has 1 aliphatic carbocycles. The van der Waals surface area contributed by atoms with Crippen LogP contribution in [0.1, 0.15) is 29.2 Å². The van der Waals surface area contributed by atoms with Gasteiger partial charge in [-0.1, -0.05) is 6.07 Å². The molecule has 0 saturated carbocycles. The Morgan fingerprint density at radius 1 is 1.11 bits per heavy atom. The van der Waals surface area contributed by atoms with Crippen LogP contribution < -0.4 is 20.5 Å². The smallest absolute Gasteiger partial charge is 0.193 e. The number of guanidine groups is 1. The van der Waals surface area contributed by atoms with Gasteiger partial charge in [0.25, 0.3) is 0 Å². The maximum atomic E-state index is 10.4. The fourth-order valence-corrected chi connectivity index (χ4v) is 3.15. The molecular formula is C20H26IN3O3. The number of halogens is 1. The molecule has 0 spiro atoms. The summed E-state index contributed by atoms with van der Waals surface area (Å²) in [7, 11) is 3.14. The summed E-state index contributed by atoms with van der Waals surface area (Å²) in [4.78, 5) is 4.25. The van der Waals surface area contributed by atoms with Gasteiger partial charge in [0.2, 0.25) is 0 Å². The van der Waals surface area contributed by atoms with Crippen LogP contribution in [0.4, 0.5) is 5.69 Å². The number of anilines is 1. The molecule has 27 heavy (non-hydrogen) atoms. The first-order chi connectivity index (χ1) is 12.6. The molecule has 146 valence electrons. The number of hydrogen-bond acceptors (Lipinski definition) is 4. The van der Waals surface area contributed by atoms with Crippen molar-refractivity contribution in [3.8, 4) is 11.5 Å². The minimum absolute atomic E-state index is 0. The number of aryl methyl sites for hydroxylation is 2. The summed E-state index contributed by atoms with van der Waals surface area (Å²) < 4.78 is 10.4. The van der Waals surface area contributed by atoms with Crippen molar-refractivity contribution in [3.05, 3.63) is 53.1 Å². The van der Waals surface area contributed by atoms with E-state index in [1.807, 2.05) is 6.07 Å². The summed E-state index contributed by atoms with van der Waals surface area (Å²) in [6.07, 6.45) is 2.66. The molecule has 0 bridgehead atoms. The van der Waals surface area contributed by atoms with Gasteiger partial charge in [-0.3, -0.25) is 4.99 Å². The Labute approximate surface area is 176 Å². The molecule has 2 aromatic rings. The second-order valence-corrected chi connectivity index (χ2v) is 6.35. The number of aliphatic hydroxyl groups is 1. The van der Waals surface area contributed by atoms with Gasteiger partial charge in [-0.05, 0) is 60.2 Å². The van der Waals surface area contributed by atoms with Crippen molar-refractivity contribution in [2.45, 2.75) is 25.4 Å². The van der Waals surface area contributed by atoms with Gasteiger partial charge in [0, 0.05) is 11.8 Å². The number of nitrogens with zero attached hydrogens (tertiary/aromatic N) is 1. The van der Waals surface area contributed by atoms with Crippen LogP contribution in [0.5, 0.6) is 11.5 Å². The third-order valence-corrected chi connectivity index (χ3v) is 4.56. The topological polar surface area (TPSA) is 89.1 Å². The second-order valence-electron chi connectivity index (χ2n) is 6.35. The number of ether oxygens (including phenoxy) is 2. The van der Waals surface area contributed by atoms with Gasteiger partial charge >= 0.3 is 0 Å². The zero-order valence-electron chi connectivity index (χ0n) is 15.6. The maximum absolute atomic E-state index is 10.4. The summed E-state index contributed by atoms with van der Waals surface area (Å²) in [6, 6.07) is 11.5. The Morgan fingerprint density at radius 3 is 2.44 bits per heavy atom. The number of nitrogens with two attached hydrogens (primary N) is 1. The normalized spacial score (nSPS) is 14.1. The standard InChI is InChI=1S/C20H25N3O3.HI/c1-25-17-9-15(10-18(11-17)26-2)19(24)12-22-20(21)23-16-7-6-13-4-3-5-14(13)8-16;/h6-11,19,24H,3-5,12H2,1-2H3,(H3,21,22,23);1H. The van der Waals surface area contributed by atoms with E-state index < -0.39 is 6.10 Å². The van der Waals surface area contributed by atoms with Gasteiger partial charge in [-0.15, -0.1) is 24.0 Å². The van der Waals surface area contributed by atoms with E-state index in [0.29, 0.717) is 17.1 Å². The first-order valence-corrected chi connectivity index (χ1v) is 8.69. The summed E-state index contributed by atoms with van der Waals surface area (Å²) in [6.45, 7) is 0.139. The fourth-order valence-electron chi connectivity index (χ4n) is 3.15. The molecule has 0 aliphatic heterocycles. The van der Waals surface area contributed by atoms with E-state index in [9.17, 15) is 5.11 Å². The highest BCUT2D eigenvalue weighted by Crippen LogP contribution is 2.27. The largest absolute Gasteiger partial charge is 0.497 e. The molecule has 6 nitrogen and oxygen atoms in total. The quantitative estimate of drug-likeness (QED) is 0.334. The van der Waals surface area contributed by atoms with Crippen LogP contribution in [0.3, 0.4) is 0 Å². The summed E-state index contributed by atoms with van der Waals surface area (Å²) in [5, 5.41) is 13.5. The van der Waals surface area contributed by atoms with Crippen molar-refractivity contribution >= 4 is 35.6 Å². The Bertz CT molecular complexity index is 789. The monoisotopic (exact) mass is 483 g/mol. The SMILES string of the molecule is COc1cc(OC)cc(C(O)CN=C(N)Nc2ccc3c(c2)CCC3)c1.I. The van der Waals surface area contributed by atoms with Crippen molar-refractivity contribution in [2.24, 2.45) is 10.7 Å². The zero-order chi connectivity index (χ0) is 18.5. The number of rotatable bonds is 6. The first-order valence-electron chi connectivity index (χ1n) is 8.69. The Morgan fingerprint density at radius 2 is 1.78 bits per heavy atom. The Hall–Kier alpha value is -2.00. The lowest BCUT2D eigenvalue weighted by Crippen LogP contribution is -2.23. The van der Waals surface area contributed by atoms with Gasteiger partial charge in [0.15, 0.2) is 5.96 Å². The van der Waals surface area contributed by atoms with Crippen LogP contribution in [0.2, 0.25) is 0 Å². The van der Waals surface area contributed by atoms with E-state index in [0.717, 1.165) is 18.5 Å². The number of hydrogen-bond donors (Lipinski definition) is 3. The van der Waals surface area contributed by atoms with Gasteiger partial charge in [-0.25, -0.2) is 0 Å². The van der Waals surface area contributed by atoms with Crippen LogP contribution in [0.25, 0.3) is 0 Å². The maximum Gasteiger partial charge on any atom is 0.193 e.